The molecule has 1 unspecified atom stereocenters. The summed E-state index contributed by atoms with van der Waals surface area (Å²) >= 11 is 0. The van der Waals surface area contributed by atoms with Gasteiger partial charge in [0.05, 0.1) is 18.5 Å². The Morgan fingerprint density at radius 2 is 1.95 bits per heavy atom. The summed E-state index contributed by atoms with van der Waals surface area (Å²) in [6.45, 7) is 4.60. The third-order valence-corrected chi connectivity index (χ3v) is 2.80. The Morgan fingerprint density at radius 3 is 2.53 bits per heavy atom. The van der Waals surface area contributed by atoms with Crippen molar-refractivity contribution in [3.05, 3.63) is 48.2 Å². The largest absolute Gasteiger partial charge is 0.508 e. The molecule has 0 amide bonds. The highest BCUT2D eigenvalue weighted by Crippen LogP contribution is 2.21. The van der Waals surface area contributed by atoms with Gasteiger partial charge in [-0.15, -0.1) is 0 Å². The first-order valence-corrected chi connectivity index (χ1v) is 6.33. The van der Waals surface area contributed by atoms with Crippen LogP contribution in [0, 0.1) is 0 Å². The van der Waals surface area contributed by atoms with Gasteiger partial charge in [0.15, 0.2) is 0 Å². The quantitative estimate of drug-likeness (QED) is 0.863. The lowest BCUT2D eigenvalue weighted by Gasteiger charge is -2.15. The number of anilines is 1. The third kappa shape index (κ3) is 3.61. The molecule has 0 aliphatic heterocycles. The highest BCUT2D eigenvalue weighted by molar-refractivity contribution is 5.44. The van der Waals surface area contributed by atoms with Crippen molar-refractivity contribution in [2.24, 2.45) is 0 Å². The number of phenolic OH excluding ortho intramolecular Hbond substituents is 1. The highest BCUT2D eigenvalue weighted by atomic mass is 16.5. The van der Waals surface area contributed by atoms with Gasteiger partial charge in [0.25, 0.3) is 0 Å². The zero-order chi connectivity index (χ0) is 13.7. The second-order valence-electron chi connectivity index (χ2n) is 4.28. The minimum atomic E-state index is 0.139. The topological polar surface area (TPSA) is 54.4 Å². The second kappa shape index (κ2) is 6.09. The maximum absolute atomic E-state index is 9.26. The van der Waals surface area contributed by atoms with Crippen molar-refractivity contribution in [3.8, 4) is 11.6 Å². The number of nitrogens with zero attached hydrogens (tertiary/aromatic N) is 1. The van der Waals surface area contributed by atoms with Gasteiger partial charge >= 0.3 is 0 Å². The molecule has 0 saturated carbocycles. The van der Waals surface area contributed by atoms with Crippen molar-refractivity contribution in [2.45, 2.75) is 19.9 Å². The predicted molar refractivity (Wildman–Crippen MR) is 75.6 cm³/mol. The molecule has 2 rings (SSSR count). The van der Waals surface area contributed by atoms with Crippen molar-refractivity contribution in [1.29, 1.82) is 0 Å². The zero-order valence-corrected chi connectivity index (χ0v) is 11.1. The van der Waals surface area contributed by atoms with Crippen molar-refractivity contribution in [2.75, 3.05) is 11.9 Å². The maximum Gasteiger partial charge on any atom is 0.213 e. The first-order chi connectivity index (χ1) is 9.19. The fourth-order valence-corrected chi connectivity index (χ4v) is 1.80. The highest BCUT2D eigenvalue weighted by Gasteiger charge is 2.05. The molecule has 4 heteroatoms. The standard InChI is InChI=1S/C15H18N2O2/c1-3-19-15-9-6-13(10-16-15)17-11(2)12-4-7-14(18)8-5-12/h4-11,17-18H,3H2,1-2H3. The van der Waals surface area contributed by atoms with Crippen LogP contribution < -0.4 is 10.1 Å². The minimum Gasteiger partial charge on any atom is -0.508 e. The molecule has 1 atom stereocenters. The third-order valence-electron chi connectivity index (χ3n) is 2.80. The van der Waals surface area contributed by atoms with Gasteiger partial charge in [-0.05, 0) is 37.6 Å². The van der Waals surface area contributed by atoms with Crippen LogP contribution in [0.1, 0.15) is 25.5 Å². The van der Waals surface area contributed by atoms with Crippen LogP contribution in [0.4, 0.5) is 5.69 Å². The van der Waals surface area contributed by atoms with Gasteiger partial charge in [0.1, 0.15) is 5.75 Å². The predicted octanol–water partition coefficient (Wildman–Crippen LogP) is 3.36. The average Bonchev–Trinajstić information content (AvgIpc) is 2.42. The molecule has 2 N–H and O–H groups in total. The number of ether oxygens (including phenoxy) is 1. The van der Waals surface area contributed by atoms with Crippen LogP contribution in [0.15, 0.2) is 42.6 Å². The van der Waals surface area contributed by atoms with Crippen molar-refractivity contribution in [1.82, 2.24) is 4.98 Å². The first kappa shape index (κ1) is 13.2. The number of nitrogens with one attached hydrogen (secondary N) is 1. The van der Waals surface area contributed by atoms with E-state index in [0.29, 0.717) is 12.5 Å². The molecule has 0 radical (unpaired) electrons. The van der Waals surface area contributed by atoms with E-state index in [-0.39, 0.29) is 11.8 Å². The Labute approximate surface area is 113 Å². The Balaban J connectivity index is 2.01. The van der Waals surface area contributed by atoms with Crippen LogP contribution in [0.3, 0.4) is 0 Å². The van der Waals surface area contributed by atoms with Gasteiger partial charge < -0.3 is 15.2 Å². The Morgan fingerprint density at radius 1 is 1.21 bits per heavy atom. The number of phenols is 1. The lowest BCUT2D eigenvalue weighted by Crippen LogP contribution is -2.06. The fraction of sp³-hybridized carbons (Fsp3) is 0.267. The van der Waals surface area contributed by atoms with E-state index in [0.717, 1.165) is 11.3 Å². The lowest BCUT2D eigenvalue weighted by molar-refractivity contribution is 0.327. The Hall–Kier alpha value is -2.23. The number of pyridine rings is 1. The van der Waals surface area contributed by atoms with Crippen LogP contribution in [0.25, 0.3) is 0 Å². The molecule has 1 aromatic heterocycles. The van der Waals surface area contributed by atoms with E-state index < -0.39 is 0 Å². The van der Waals surface area contributed by atoms with Crippen LogP contribution in [-0.2, 0) is 0 Å². The van der Waals surface area contributed by atoms with E-state index in [1.54, 1.807) is 18.3 Å². The molecule has 1 aromatic carbocycles. The fourth-order valence-electron chi connectivity index (χ4n) is 1.80. The second-order valence-corrected chi connectivity index (χ2v) is 4.28. The summed E-state index contributed by atoms with van der Waals surface area (Å²) in [4.78, 5) is 4.20. The monoisotopic (exact) mass is 258 g/mol. The zero-order valence-electron chi connectivity index (χ0n) is 11.1. The molecule has 0 aliphatic carbocycles. The minimum absolute atomic E-state index is 0.139. The van der Waals surface area contributed by atoms with Crippen molar-refractivity contribution >= 4 is 5.69 Å². The number of benzene rings is 1. The number of hydrogen-bond donors (Lipinski definition) is 2. The molecule has 100 valence electrons. The van der Waals surface area contributed by atoms with Gasteiger partial charge in [0, 0.05) is 12.1 Å². The molecular weight excluding hydrogens is 240 g/mol. The van der Waals surface area contributed by atoms with E-state index in [4.69, 9.17) is 4.74 Å². The van der Waals surface area contributed by atoms with E-state index in [9.17, 15) is 5.11 Å². The number of rotatable bonds is 5. The van der Waals surface area contributed by atoms with Gasteiger partial charge in [-0.3, -0.25) is 0 Å². The normalized spacial score (nSPS) is 11.9. The molecule has 2 aromatic rings. The van der Waals surface area contributed by atoms with Gasteiger partial charge in [-0.25, -0.2) is 4.98 Å². The molecule has 0 spiro atoms. The van der Waals surface area contributed by atoms with Crippen LogP contribution >= 0.6 is 0 Å². The van der Waals surface area contributed by atoms with Crippen LogP contribution in [-0.4, -0.2) is 16.7 Å². The number of hydrogen-bond acceptors (Lipinski definition) is 4. The van der Waals surface area contributed by atoms with Crippen molar-refractivity contribution in [3.63, 3.8) is 0 Å². The molecule has 0 fully saturated rings. The summed E-state index contributed by atoms with van der Waals surface area (Å²) < 4.78 is 5.30. The summed E-state index contributed by atoms with van der Waals surface area (Å²) in [5.74, 6) is 0.907. The summed E-state index contributed by atoms with van der Waals surface area (Å²) in [7, 11) is 0. The van der Waals surface area contributed by atoms with Gasteiger partial charge in [0.2, 0.25) is 5.88 Å². The summed E-state index contributed by atoms with van der Waals surface area (Å²) in [5, 5.41) is 12.6. The maximum atomic E-state index is 9.26. The molecule has 1 heterocycles. The van der Waals surface area contributed by atoms with Gasteiger partial charge in [-0.1, -0.05) is 12.1 Å². The van der Waals surface area contributed by atoms with E-state index in [1.807, 2.05) is 31.2 Å². The molecule has 19 heavy (non-hydrogen) atoms. The lowest BCUT2D eigenvalue weighted by atomic mass is 10.1. The molecule has 0 aliphatic rings. The van der Waals surface area contributed by atoms with Crippen LogP contribution in [0.5, 0.6) is 11.6 Å². The van der Waals surface area contributed by atoms with Crippen LogP contribution in [0.2, 0.25) is 0 Å². The molecule has 4 nitrogen and oxygen atoms in total. The summed E-state index contributed by atoms with van der Waals surface area (Å²) in [6, 6.07) is 11.1. The Kier molecular flexibility index (Phi) is 4.23. The van der Waals surface area contributed by atoms with E-state index in [2.05, 4.69) is 17.2 Å². The average molecular weight is 258 g/mol. The SMILES string of the molecule is CCOc1ccc(NC(C)c2ccc(O)cc2)cn1. The van der Waals surface area contributed by atoms with E-state index in [1.165, 1.54) is 0 Å². The number of aromatic nitrogens is 1. The molecule has 0 saturated heterocycles. The van der Waals surface area contributed by atoms with Gasteiger partial charge in [-0.2, -0.15) is 0 Å². The Bertz CT molecular complexity index is 509. The number of aromatic hydroxyl groups is 1. The molecular formula is C15H18N2O2. The van der Waals surface area contributed by atoms with Crippen molar-refractivity contribution < 1.29 is 9.84 Å². The smallest absolute Gasteiger partial charge is 0.213 e. The van der Waals surface area contributed by atoms with E-state index >= 15 is 0 Å². The summed E-state index contributed by atoms with van der Waals surface area (Å²) in [5.41, 5.74) is 2.04. The molecule has 0 bridgehead atoms. The summed E-state index contributed by atoms with van der Waals surface area (Å²) in [6.07, 6.45) is 1.75. The first-order valence-electron chi connectivity index (χ1n) is 6.33.